The van der Waals surface area contributed by atoms with E-state index in [-0.39, 0.29) is 11.7 Å². The van der Waals surface area contributed by atoms with E-state index in [0.29, 0.717) is 0 Å². The summed E-state index contributed by atoms with van der Waals surface area (Å²) < 4.78 is 0. The molecule has 0 radical (unpaired) electrons. The lowest BCUT2D eigenvalue weighted by Gasteiger charge is -2.28. The van der Waals surface area contributed by atoms with Crippen molar-refractivity contribution in [3.8, 4) is 0 Å². The summed E-state index contributed by atoms with van der Waals surface area (Å²) in [7, 11) is 1.68. The van der Waals surface area contributed by atoms with Crippen LogP contribution < -0.4 is 0 Å². The number of hydrogen-bond acceptors (Lipinski definition) is 4. The van der Waals surface area contributed by atoms with Crippen molar-refractivity contribution >= 4 is 11.7 Å². The zero-order valence-electron chi connectivity index (χ0n) is 10.5. The van der Waals surface area contributed by atoms with Gasteiger partial charge in [-0.1, -0.05) is 12.1 Å². The fraction of sp³-hybridized carbons (Fsp3) is 0.417. The number of benzene rings is 1. The minimum absolute atomic E-state index is 0.00993. The molecule has 1 aromatic rings. The van der Waals surface area contributed by atoms with Crippen LogP contribution in [0.1, 0.15) is 25.5 Å². The van der Waals surface area contributed by atoms with E-state index < -0.39 is 16.9 Å². The first-order chi connectivity index (χ1) is 8.34. The Labute approximate surface area is 105 Å². The summed E-state index contributed by atoms with van der Waals surface area (Å²) in [6.07, 6.45) is 0. The second-order valence-corrected chi connectivity index (χ2v) is 4.21. The maximum Gasteiger partial charge on any atom is 0.320 e. The molecule has 0 bridgehead atoms. The number of rotatable bonds is 5. The molecule has 0 aliphatic carbocycles. The van der Waals surface area contributed by atoms with E-state index in [4.69, 9.17) is 5.11 Å². The average Bonchev–Trinajstić information content (AvgIpc) is 2.36. The molecule has 6 heteroatoms. The molecule has 98 valence electrons. The lowest BCUT2D eigenvalue weighted by atomic mass is 10.1. The van der Waals surface area contributed by atoms with Crippen molar-refractivity contribution in [3.05, 3.63) is 39.9 Å². The highest BCUT2D eigenvalue weighted by atomic mass is 16.6. The Morgan fingerprint density at radius 1 is 1.44 bits per heavy atom. The van der Waals surface area contributed by atoms with Crippen LogP contribution >= 0.6 is 0 Å². The molecule has 0 spiro atoms. The van der Waals surface area contributed by atoms with E-state index in [1.807, 2.05) is 6.92 Å². The van der Waals surface area contributed by atoms with Gasteiger partial charge in [0, 0.05) is 18.2 Å². The monoisotopic (exact) mass is 252 g/mol. The number of non-ortho nitro benzene ring substituents is 1. The first kappa shape index (κ1) is 14.1. The van der Waals surface area contributed by atoms with Crippen molar-refractivity contribution < 1.29 is 14.8 Å². The quantitative estimate of drug-likeness (QED) is 0.640. The zero-order chi connectivity index (χ0) is 13.9. The number of hydrogen-bond donors (Lipinski definition) is 1. The van der Waals surface area contributed by atoms with Crippen LogP contribution in [0.4, 0.5) is 5.69 Å². The molecule has 0 aliphatic heterocycles. The van der Waals surface area contributed by atoms with Crippen molar-refractivity contribution in [1.29, 1.82) is 0 Å². The molecule has 2 atom stereocenters. The topological polar surface area (TPSA) is 83.7 Å². The normalized spacial score (nSPS) is 14.2. The average molecular weight is 252 g/mol. The van der Waals surface area contributed by atoms with Crippen molar-refractivity contribution in [3.63, 3.8) is 0 Å². The van der Waals surface area contributed by atoms with Gasteiger partial charge in [-0.25, -0.2) is 0 Å². The number of nitro benzene ring substituents is 1. The van der Waals surface area contributed by atoms with Gasteiger partial charge < -0.3 is 5.11 Å². The van der Waals surface area contributed by atoms with Crippen LogP contribution in [0, 0.1) is 10.1 Å². The van der Waals surface area contributed by atoms with Gasteiger partial charge in [0.25, 0.3) is 5.69 Å². The smallest absolute Gasteiger partial charge is 0.320 e. The highest BCUT2D eigenvalue weighted by molar-refractivity contribution is 5.72. The van der Waals surface area contributed by atoms with Crippen molar-refractivity contribution in [1.82, 2.24) is 4.90 Å². The van der Waals surface area contributed by atoms with Crippen LogP contribution in [0.15, 0.2) is 24.3 Å². The summed E-state index contributed by atoms with van der Waals surface area (Å²) >= 11 is 0. The van der Waals surface area contributed by atoms with Gasteiger partial charge in [0.05, 0.1) is 4.92 Å². The Morgan fingerprint density at radius 3 is 2.56 bits per heavy atom. The molecule has 0 amide bonds. The van der Waals surface area contributed by atoms with E-state index in [2.05, 4.69) is 0 Å². The fourth-order valence-electron chi connectivity index (χ4n) is 1.64. The fourth-order valence-corrected chi connectivity index (χ4v) is 1.64. The van der Waals surface area contributed by atoms with Crippen LogP contribution in [0.5, 0.6) is 0 Å². The Bertz CT molecular complexity index is 461. The van der Waals surface area contributed by atoms with E-state index in [1.165, 1.54) is 12.1 Å². The van der Waals surface area contributed by atoms with E-state index >= 15 is 0 Å². The summed E-state index contributed by atoms with van der Waals surface area (Å²) in [4.78, 5) is 22.8. The van der Waals surface area contributed by atoms with Gasteiger partial charge in [-0.2, -0.15) is 0 Å². The number of carboxylic acids is 1. The number of nitro groups is 1. The van der Waals surface area contributed by atoms with Gasteiger partial charge in [0.15, 0.2) is 0 Å². The Balaban J connectivity index is 2.96. The number of carboxylic acid groups (broad SMARTS) is 1. The summed E-state index contributed by atoms with van der Waals surface area (Å²) in [6, 6.07) is 5.37. The molecule has 2 unspecified atom stereocenters. The van der Waals surface area contributed by atoms with Crippen LogP contribution in [0.25, 0.3) is 0 Å². The number of likely N-dealkylation sites (N-methyl/N-ethyl adjacent to an activating group) is 1. The Kier molecular flexibility index (Phi) is 4.38. The third-order valence-corrected chi connectivity index (χ3v) is 3.14. The minimum Gasteiger partial charge on any atom is -0.480 e. The molecule has 6 nitrogen and oxygen atoms in total. The van der Waals surface area contributed by atoms with Gasteiger partial charge in [-0.15, -0.1) is 0 Å². The van der Waals surface area contributed by atoms with Gasteiger partial charge in [-0.3, -0.25) is 19.8 Å². The second kappa shape index (κ2) is 5.59. The third kappa shape index (κ3) is 3.04. The SMILES string of the molecule is CC(C(=O)O)N(C)C(C)c1cccc([N+](=O)[O-])c1. The molecule has 1 rings (SSSR count). The summed E-state index contributed by atoms with van der Waals surface area (Å²) in [5, 5.41) is 19.6. The van der Waals surface area contributed by atoms with Crippen molar-refractivity contribution in [2.75, 3.05) is 7.05 Å². The summed E-state index contributed by atoms with van der Waals surface area (Å²) in [6.45, 7) is 3.40. The first-order valence-electron chi connectivity index (χ1n) is 5.53. The zero-order valence-corrected chi connectivity index (χ0v) is 10.5. The summed E-state index contributed by atoms with van der Waals surface area (Å²) in [5.74, 6) is -0.921. The van der Waals surface area contributed by atoms with Crippen LogP contribution in [0.3, 0.4) is 0 Å². The van der Waals surface area contributed by atoms with Gasteiger partial charge in [0.1, 0.15) is 6.04 Å². The maximum atomic E-state index is 10.9. The van der Waals surface area contributed by atoms with E-state index in [9.17, 15) is 14.9 Å². The molecule has 1 N–H and O–H groups in total. The van der Waals surface area contributed by atoms with Crippen LogP contribution in [-0.4, -0.2) is 34.0 Å². The second-order valence-electron chi connectivity index (χ2n) is 4.21. The first-order valence-corrected chi connectivity index (χ1v) is 5.53. The predicted molar refractivity (Wildman–Crippen MR) is 66.4 cm³/mol. The highest BCUT2D eigenvalue weighted by Gasteiger charge is 2.23. The van der Waals surface area contributed by atoms with Gasteiger partial charge in [0.2, 0.25) is 0 Å². The van der Waals surface area contributed by atoms with Crippen molar-refractivity contribution in [2.45, 2.75) is 25.9 Å². The molecular formula is C12H16N2O4. The molecular weight excluding hydrogens is 236 g/mol. The van der Waals surface area contributed by atoms with Gasteiger partial charge in [-0.05, 0) is 26.5 Å². The van der Waals surface area contributed by atoms with Crippen LogP contribution in [-0.2, 0) is 4.79 Å². The molecule has 0 fully saturated rings. The van der Waals surface area contributed by atoms with E-state index in [1.54, 1.807) is 31.0 Å². The molecule has 1 aromatic carbocycles. The molecule has 0 saturated heterocycles. The molecule has 0 saturated carbocycles. The molecule has 0 heterocycles. The number of aliphatic carboxylic acids is 1. The van der Waals surface area contributed by atoms with Crippen LogP contribution in [0.2, 0.25) is 0 Å². The lowest BCUT2D eigenvalue weighted by Crippen LogP contribution is -2.37. The van der Waals surface area contributed by atoms with Crippen molar-refractivity contribution in [2.24, 2.45) is 0 Å². The summed E-state index contributed by atoms with van der Waals surface area (Å²) in [5.41, 5.74) is 0.732. The maximum absolute atomic E-state index is 10.9. The molecule has 0 aliphatic rings. The molecule has 0 aromatic heterocycles. The lowest BCUT2D eigenvalue weighted by molar-refractivity contribution is -0.384. The Hall–Kier alpha value is -1.95. The minimum atomic E-state index is -0.921. The Morgan fingerprint density at radius 2 is 2.06 bits per heavy atom. The third-order valence-electron chi connectivity index (χ3n) is 3.14. The standard InChI is InChI=1S/C12H16N2O4/c1-8(13(3)9(2)12(15)16)10-5-4-6-11(7-10)14(17)18/h4-9H,1-3H3,(H,15,16). The van der Waals surface area contributed by atoms with E-state index in [0.717, 1.165) is 5.56 Å². The predicted octanol–water partition coefficient (Wildman–Crippen LogP) is 2.06. The number of carbonyl (C=O) groups is 1. The largest absolute Gasteiger partial charge is 0.480 e. The van der Waals surface area contributed by atoms with Gasteiger partial charge >= 0.3 is 5.97 Å². The molecule has 18 heavy (non-hydrogen) atoms. The highest BCUT2D eigenvalue weighted by Crippen LogP contribution is 2.24. The number of nitrogens with zero attached hydrogens (tertiary/aromatic N) is 2.